The van der Waals surface area contributed by atoms with Crippen LogP contribution in [-0.2, 0) is 17.9 Å². The molecule has 0 atom stereocenters. The van der Waals surface area contributed by atoms with Gasteiger partial charge in [-0.15, -0.1) is 0 Å². The van der Waals surface area contributed by atoms with Crippen LogP contribution in [0.25, 0.3) is 17.0 Å². The minimum Gasteiger partial charge on any atom is -0.392 e. The second kappa shape index (κ2) is 7.42. The highest BCUT2D eigenvalue weighted by Crippen LogP contribution is 2.23. The zero-order valence-corrected chi connectivity index (χ0v) is 13.6. The van der Waals surface area contributed by atoms with Crippen LogP contribution in [-0.4, -0.2) is 20.8 Å². The molecule has 3 aromatic rings. The summed E-state index contributed by atoms with van der Waals surface area (Å²) in [6.45, 7) is -0.0960. The van der Waals surface area contributed by atoms with Crippen LogP contribution >= 0.6 is 0 Å². The van der Waals surface area contributed by atoms with E-state index < -0.39 is 17.5 Å². The fraction of sp³-hybridized carbons (Fsp3) is 0.111. The normalized spacial score (nSPS) is 11.4. The van der Waals surface area contributed by atoms with E-state index in [1.807, 2.05) is 5.43 Å². The van der Waals surface area contributed by atoms with Gasteiger partial charge in [0.1, 0.15) is 11.6 Å². The molecule has 0 bridgehead atoms. The van der Waals surface area contributed by atoms with Crippen LogP contribution in [0, 0.1) is 11.6 Å². The van der Waals surface area contributed by atoms with E-state index in [0.717, 1.165) is 6.07 Å². The number of carbonyl (C=O) groups excluding carboxylic acids is 1. The molecular weight excluding hydrogens is 342 g/mol. The Morgan fingerprint density at radius 1 is 1.27 bits per heavy atom. The first kappa shape index (κ1) is 17.7. The van der Waals surface area contributed by atoms with E-state index >= 15 is 0 Å². The third-order valence-electron chi connectivity index (χ3n) is 3.90. The lowest BCUT2D eigenvalue weighted by atomic mass is 10.1. The van der Waals surface area contributed by atoms with Crippen molar-refractivity contribution in [1.82, 2.24) is 15.2 Å². The summed E-state index contributed by atoms with van der Waals surface area (Å²) in [5, 5.41) is 14.5. The molecule has 134 valence electrons. The number of hydrogen-bond donors (Lipinski definition) is 3. The number of nitrogens with two attached hydrogens (primary N) is 1. The lowest BCUT2D eigenvalue weighted by molar-refractivity contribution is -0.116. The predicted octanol–water partition coefficient (Wildman–Crippen LogP) is 1.86. The fourth-order valence-electron chi connectivity index (χ4n) is 2.60. The third-order valence-corrected chi connectivity index (χ3v) is 3.90. The van der Waals surface area contributed by atoms with Crippen LogP contribution in [0.2, 0.25) is 0 Å². The van der Waals surface area contributed by atoms with Gasteiger partial charge >= 0.3 is 0 Å². The number of aromatic nitrogens is 2. The number of carbonyl (C=O) groups is 1. The zero-order chi connectivity index (χ0) is 18.7. The summed E-state index contributed by atoms with van der Waals surface area (Å²) in [6.07, 6.45) is 2.71. The summed E-state index contributed by atoms with van der Waals surface area (Å²) in [6, 6.07) is 8.55. The largest absolute Gasteiger partial charge is 0.392 e. The topological polar surface area (TPSA) is 93.2 Å². The summed E-state index contributed by atoms with van der Waals surface area (Å²) >= 11 is 0. The molecule has 8 heteroatoms. The molecule has 26 heavy (non-hydrogen) atoms. The lowest BCUT2D eigenvalue weighted by Gasteiger charge is -2.06. The van der Waals surface area contributed by atoms with Gasteiger partial charge in [-0.3, -0.25) is 14.9 Å². The molecule has 6 nitrogen and oxygen atoms in total. The molecule has 0 aliphatic carbocycles. The van der Waals surface area contributed by atoms with Gasteiger partial charge in [0.2, 0.25) is 0 Å². The Morgan fingerprint density at radius 3 is 2.77 bits per heavy atom. The minimum absolute atomic E-state index is 0.0639. The minimum atomic E-state index is -0.674. The number of nitrogens with one attached hydrogen (secondary N) is 1. The van der Waals surface area contributed by atoms with Crippen molar-refractivity contribution in [2.45, 2.75) is 13.2 Å². The van der Waals surface area contributed by atoms with Gasteiger partial charge in [0.25, 0.3) is 5.91 Å². The maximum absolute atomic E-state index is 14.0. The number of hydrazine groups is 1. The van der Waals surface area contributed by atoms with Gasteiger partial charge in [0, 0.05) is 23.1 Å². The lowest BCUT2D eigenvalue weighted by Crippen LogP contribution is -2.27. The predicted molar refractivity (Wildman–Crippen MR) is 92.5 cm³/mol. The Bertz CT molecular complexity index is 998. The number of nitrogens with zero attached hydrogens (tertiary/aromatic N) is 2. The van der Waals surface area contributed by atoms with Crippen molar-refractivity contribution < 1.29 is 18.7 Å². The van der Waals surface area contributed by atoms with Crippen molar-refractivity contribution in [2.75, 3.05) is 0 Å². The highest BCUT2D eigenvalue weighted by Gasteiger charge is 2.12. The molecule has 0 fully saturated rings. The highest BCUT2D eigenvalue weighted by atomic mass is 19.1. The third kappa shape index (κ3) is 3.61. The van der Waals surface area contributed by atoms with E-state index in [0.29, 0.717) is 22.2 Å². The van der Waals surface area contributed by atoms with Crippen molar-refractivity contribution >= 4 is 22.9 Å². The number of rotatable bonds is 5. The number of hydrogen-bond acceptors (Lipinski definition) is 4. The summed E-state index contributed by atoms with van der Waals surface area (Å²) in [7, 11) is 0. The molecule has 0 saturated carbocycles. The first-order valence-electron chi connectivity index (χ1n) is 7.74. The number of benzene rings is 2. The number of amides is 1. The Labute approximate surface area is 147 Å². The van der Waals surface area contributed by atoms with Crippen molar-refractivity contribution in [1.29, 1.82) is 0 Å². The summed E-state index contributed by atoms with van der Waals surface area (Å²) in [5.41, 5.74) is 4.04. The van der Waals surface area contributed by atoms with E-state index in [9.17, 15) is 18.7 Å². The monoisotopic (exact) mass is 358 g/mol. The van der Waals surface area contributed by atoms with Gasteiger partial charge < -0.3 is 5.11 Å². The van der Waals surface area contributed by atoms with E-state index in [1.165, 1.54) is 29.0 Å². The van der Waals surface area contributed by atoms with Crippen LogP contribution in [0.1, 0.15) is 16.8 Å². The van der Waals surface area contributed by atoms with Crippen molar-refractivity contribution in [2.24, 2.45) is 5.84 Å². The Morgan fingerprint density at radius 2 is 2.08 bits per heavy atom. The second-order valence-electron chi connectivity index (χ2n) is 5.63. The summed E-state index contributed by atoms with van der Waals surface area (Å²) in [4.78, 5) is 11.3. The van der Waals surface area contributed by atoms with Gasteiger partial charge in [-0.1, -0.05) is 18.2 Å². The average Bonchev–Trinajstić information content (AvgIpc) is 2.98. The molecule has 2 aromatic carbocycles. The van der Waals surface area contributed by atoms with Gasteiger partial charge in [-0.2, -0.15) is 5.10 Å². The van der Waals surface area contributed by atoms with E-state index in [4.69, 9.17) is 5.84 Å². The molecule has 1 amide bonds. The number of fused-ring (bicyclic) bond motifs is 1. The maximum Gasteiger partial charge on any atom is 0.257 e. The SMILES string of the molecule is NNC(=O)C=Cc1nn(Cc2ccc(F)cc2F)c2cc(CO)ccc12. The van der Waals surface area contributed by atoms with Gasteiger partial charge in [0.05, 0.1) is 24.4 Å². The van der Waals surface area contributed by atoms with E-state index in [-0.39, 0.29) is 18.7 Å². The van der Waals surface area contributed by atoms with Crippen molar-refractivity contribution in [3.05, 3.63) is 70.9 Å². The van der Waals surface area contributed by atoms with Crippen LogP contribution < -0.4 is 11.3 Å². The van der Waals surface area contributed by atoms with E-state index in [2.05, 4.69) is 5.10 Å². The van der Waals surface area contributed by atoms with Gasteiger partial charge in [0.15, 0.2) is 0 Å². The molecule has 3 rings (SSSR count). The quantitative estimate of drug-likeness (QED) is 0.281. The van der Waals surface area contributed by atoms with Gasteiger partial charge in [-0.05, 0) is 23.8 Å². The number of aliphatic hydroxyl groups excluding tert-OH is 1. The Kier molecular flexibility index (Phi) is 5.06. The first-order chi connectivity index (χ1) is 12.5. The molecule has 0 aliphatic heterocycles. The van der Waals surface area contributed by atoms with Gasteiger partial charge in [-0.25, -0.2) is 14.6 Å². The molecule has 1 heterocycles. The average molecular weight is 358 g/mol. The highest BCUT2D eigenvalue weighted by molar-refractivity contribution is 5.95. The summed E-state index contributed by atoms with van der Waals surface area (Å²) in [5.74, 6) is 3.22. The molecule has 0 spiro atoms. The van der Waals surface area contributed by atoms with Crippen LogP contribution in [0.4, 0.5) is 8.78 Å². The molecule has 4 N–H and O–H groups in total. The second-order valence-corrected chi connectivity index (χ2v) is 5.63. The molecule has 0 radical (unpaired) electrons. The van der Waals surface area contributed by atoms with Crippen molar-refractivity contribution in [3.63, 3.8) is 0 Å². The molecule has 0 unspecified atom stereocenters. The molecular formula is C18H16F2N4O2. The molecule has 1 aromatic heterocycles. The van der Waals surface area contributed by atoms with Crippen LogP contribution in [0.15, 0.2) is 42.5 Å². The fourth-order valence-corrected chi connectivity index (χ4v) is 2.60. The van der Waals surface area contributed by atoms with Crippen LogP contribution in [0.3, 0.4) is 0 Å². The zero-order valence-electron chi connectivity index (χ0n) is 13.6. The standard InChI is InChI=1S/C18H16F2N4O2/c19-13-3-2-12(15(20)8-13)9-24-17-7-11(10-25)1-4-14(17)16(23-24)5-6-18(26)22-21/h1-8,25H,9-10,21H2,(H,22,26). The number of aliphatic hydroxyl groups is 1. The van der Waals surface area contributed by atoms with Crippen molar-refractivity contribution in [3.8, 4) is 0 Å². The maximum atomic E-state index is 14.0. The summed E-state index contributed by atoms with van der Waals surface area (Å²) < 4.78 is 28.6. The Hall–Kier alpha value is -3.10. The number of halogens is 2. The van der Waals surface area contributed by atoms with E-state index in [1.54, 1.807) is 18.2 Å². The van der Waals surface area contributed by atoms with Crippen LogP contribution in [0.5, 0.6) is 0 Å². The Balaban J connectivity index is 2.08. The molecule has 0 saturated heterocycles. The molecule has 0 aliphatic rings. The smallest absolute Gasteiger partial charge is 0.257 e. The first-order valence-corrected chi connectivity index (χ1v) is 7.74.